The minimum atomic E-state index is 1.02. The van der Waals surface area contributed by atoms with E-state index in [-0.39, 0.29) is 0 Å². The molecule has 2 aromatic rings. The standard InChI is InChI=1S/C20H20N4/c1-2-14-10-16-5-6-18(23-16)12-20-8-7-19(24-20)11-17-4-3-15(22-17)9-13(1)21-14/h1-2,9-12,21,24H,3-8H2. The Morgan fingerprint density at radius 3 is 1.50 bits per heavy atom. The number of fused-ring (bicyclic) bond motifs is 8. The van der Waals surface area contributed by atoms with Crippen molar-refractivity contribution in [2.75, 3.05) is 0 Å². The highest BCUT2D eigenvalue weighted by Crippen LogP contribution is 2.17. The second-order valence-electron chi connectivity index (χ2n) is 6.81. The lowest BCUT2D eigenvalue weighted by molar-refractivity contribution is 0.990. The van der Waals surface area contributed by atoms with Gasteiger partial charge in [0.15, 0.2) is 0 Å². The van der Waals surface area contributed by atoms with Crippen molar-refractivity contribution >= 4 is 11.0 Å². The van der Waals surface area contributed by atoms with Crippen LogP contribution in [0.25, 0.3) is 11.0 Å². The molecule has 0 saturated carbocycles. The molecule has 0 radical (unpaired) electrons. The van der Waals surface area contributed by atoms with Gasteiger partial charge in [0.2, 0.25) is 0 Å². The van der Waals surface area contributed by atoms with Crippen molar-refractivity contribution in [3.05, 3.63) is 70.6 Å². The number of H-pyrrole nitrogens is 2. The topological polar surface area (TPSA) is 57.4 Å². The third kappa shape index (κ3) is 2.68. The maximum atomic E-state index is 4.79. The highest BCUT2D eigenvalue weighted by atomic mass is 14.8. The van der Waals surface area contributed by atoms with E-state index in [1.807, 2.05) is 0 Å². The van der Waals surface area contributed by atoms with E-state index in [0.29, 0.717) is 0 Å². The number of hydrogen-bond donors (Lipinski definition) is 2. The first-order valence-corrected chi connectivity index (χ1v) is 8.74. The summed E-state index contributed by atoms with van der Waals surface area (Å²) < 4.78 is 0. The quantitative estimate of drug-likeness (QED) is 0.782. The van der Waals surface area contributed by atoms with Gasteiger partial charge in [-0.2, -0.15) is 0 Å². The molecular weight excluding hydrogens is 296 g/mol. The summed E-state index contributed by atoms with van der Waals surface area (Å²) in [6, 6.07) is 13.0. The number of nitrogens with zero attached hydrogens (tertiary/aromatic N) is 2. The molecule has 4 heteroatoms. The minimum Gasteiger partial charge on any atom is -0.362 e. The molecule has 5 rings (SSSR count). The Morgan fingerprint density at radius 2 is 1.00 bits per heavy atom. The first-order valence-electron chi connectivity index (χ1n) is 8.74. The van der Waals surface area contributed by atoms with Crippen LogP contribution in [0.1, 0.15) is 34.2 Å². The molecule has 0 aromatic carbocycles. The fourth-order valence-corrected chi connectivity index (χ4v) is 3.70. The molecule has 2 aromatic heterocycles. The number of rotatable bonds is 0. The van der Waals surface area contributed by atoms with Crippen LogP contribution in [0.5, 0.6) is 0 Å². The molecule has 120 valence electrons. The van der Waals surface area contributed by atoms with Crippen molar-refractivity contribution in [3.63, 3.8) is 0 Å². The van der Waals surface area contributed by atoms with Gasteiger partial charge in [0.1, 0.15) is 0 Å². The van der Waals surface area contributed by atoms with Gasteiger partial charge in [0, 0.05) is 45.2 Å². The van der Waals surface area contributed by atoms with Crippen LogP contribution in [0.2, 0.25) is 0 Å². The molecule has 0 saturated heterocycles. The third-order valence-electron chi connectivity index (χ3n) is 4.89. The van der Waals surface area contributed by atoms with Crippen molar-refractivity contribution in [1.82, 2.24) is 19.9 Å². The second-order valence-corrected chi connectivity index (χ2v) is 6.81. The van der Waals surface area contributed by atoms with E-state index in [0.717, 1.165) is 60.9 Å². The van der Waals surface area contributed by atoms with Crippen LogP contribution < -0.4 is 0 Å². The van der Waals surface area contributed by atoms with Crippen LogP contribution in [0, 0.1) is 0 Å². The van der Waals surface area contributed by atoms with Gasteiger partial charge < -0.3 is 9.97 Å². The predicted molar refractivity (Wildman–Crippen MR) is 94.5 cm³/mol. The molecule has 4 nitrogen and oxygen atoms in total. The fraction of sp³-hybridized carbons (Fsp3) is 0.300. The van der Waals surface area contributed by atoms with Crippen molar-refractivity contribution in [3.8, 4) is 0 Å². The first-order chi connectivity index (χ1) is 11.8. The summed E-state index contributed by atoms with van der Waals surface area (Å²) in [5.41, 5.74) is 9.48. The van der Waals surface area contributed by atoms with Gasteiger partial charge in [-0.1, -0.05) is 0 Å². The molecule has 24 heavy (non-hydrogen) atoms. The van der Waals surface area contributed by atoms with Crippen LogP contribution in [-0.2, 0) is 38.5 Å². The van der Waals surface area contributed by atoms with Crippen molar-refractivity contribution < 1.29 is 0 Å². The third-order valence-corrected chi connectivity index (χ3v) is 4.89. The molecule has 3 aliphatic rings. The fourth-order valence-electron chi connectivity index (χ4n) is 3.70. The van der Waals surface area contributed by atoms with Crippen molar-refractivity contribution in [1.29, 1.82) is 0 Å². The van der Waals surface area contributed by atoms with Gasteiger partial charge in [-0.15, -0.1) is 0 Å². The van der Waals surface area contributed by atoms with E-state index in [2.05, 4.69) is 46.4 Å². The smallest absolute Gasteiger partial charge is 0.0431 e. The van der Waals surface area contributed by atoms with Gasteiger partial charge in [-0.3, -0.25) is 9.97 Å². The number of aromatic nitrogens is 4. The molecule has 0 spiro atoms. The van der Waals surface area contributed by atoms with Gasteiger partial charge in [0.25, 0.3) is 0 Å². The molecule has 0 unspecified atom stereocenters. The lowest BCUT2D eigenvalue weighted by Gasteiger charge is -1.88. The molecular formula is C20H20N4. The van der Waals surface area contributed by atoms with Gasteiger partial charge >= 0.3 is 0 Å². The van der Waals surface area contributed by atoms with Crippen LogP contribution in [0.4, 0.5) is 0 Å². The number of hydrogen-bond acceptors (Lipinski definition) is 2. The Hall–Kier alpha value is -2.62. The monoisotopic (exact) mass is 316 g/mol. The Morgan fingerprint density at radius 1 is 0.542 bits per heavy atom. The lowest BCUT2D eigenvalue weighted by atomic mass is 10.2. The largest absolute Gasteiger partial charge is 0.362 e. The lowest BCUT2D eigenvalue weighted by Crippen LogP contribution is -1.82. The van der Waals surface area contributed by atoms with Crippen LogP contribution in [-0.4, -0.2) is 19.9 Å². The Balaban J connectivity index is 1.78. The van der Waals surface area contributed by atoms with E-state index in [1.165, 1.54) is 22.8 Å². The molecule has 0 atom stereocenters. The summed E-state index contributed by atoms with van der Waals surface area (Å²) in [7, 11) is 0. The Labute approximate surface area is 140 Å². The zero-order chi connectivity index (χ0) is 15.9. The van der Waals surface area contributed by atoms with E-state index in [4.69, 9.17) is 9.97 Å². The molecule has 2 N–H and O–H groups in total. The average molecular weight is 316 g/mol. The van der Waals surface area contributed by atoms with Gasteiger partial charge in [0.05, 0.1) is 0 Å². The zero-order valence-electron chi connectivity index (χ0n) is 13.6. The summed E-state index contributed by atoms with van der Waals surface area (Å²) >= 11 is 0. The second kappa shape index (κ2) is 5.48. The minimum absolute atomic E-state index is 1.02. The molecule has 5 heterocycles. The van der Waals surface area contributed by atoms with Crippen molar-refractivity contribution in [2.45, 2.75) is 38.5 Å². The van der Waals surface area contributed by atoms with Gasteiger partial charge in [-0.05, 0) is 74.9 Å². The highest BCUT2D eigenvalue weighted by molar-refractivity contribution is 5.59. The molecule has 0 amide bonds. The highest BCUT2D eigenvalue weighted by Gasteiger charge is 2.11. The van der Waals surface area contributed by atoms with E-state index in [1.54, 1.807) is 0 Å². The maximum Gasteiger partial charge on any atom is 0.0431 e. The Bertz CT molecular complexity index is 903. The van der Waals surface area contributed by atoms with Crippen LogP contribution in [0.15, 0.2) is 36.4 Å². The van der Waals surface area contributed by atoms with E-state index < -0.39 is 0 Å². The van der Waals surface area contributed by atoms with Crippen LogP contribution in [0.3, 0.4) is 0 Å². The molecule has 0 aliphatic carbocycles. The van der Waals surface area contributed by atoms with Crippen molar-refractivity contribution in [2.24, 2.45) is 0 Å². The van der Waals surface area contributed by atoms with Crippen LogP contribution >= 0.6 is 0 Å². The maximum absolute atomic E-state index is 4.79. The summed E-state index contributed by atoms with van der Waals surface area (Å²) in [5.74, 6) is 0. The predicted octanol–water partition coefficient (Wildman–Crippen LogP) is 3.39. The van der Waals surface area contributed by atoms with E-state index in [9.17, 15) is 0 Å². The number of aromatic amines is 2. The number of aryl methyl sites for hydroxylation is 6. The SMILES string of the molecule is c1c2nc(cc3ccc(cc4nc(cc5[nH]c1CC5)CC4)[nH]3)CC2. The molecule has 3 aliphatic heterocycles. The number of nitrogens with one attached hydrogen (secondary N) is 2. The molecule has 0 fully saturated rings. The summed E-state index contributed by atoms with van der Waals surface area (Å²) in [6.45, 7) is 0. The zero-order valence-corrected chi connectivity index (χ0v) is 13.6. The Kier molecular flexibility index (Phi) is 3.15. The normalized spacial score (nSPS) is 15.3. The summed E-state index contributed by atoms with van der Waals surface area (Å²) in [6.07, 6.45) is 6.23. The van der Waals surface area contributed by atoms with Gasteiger partial charge in [-0.25, -0.2) is 0 Å². The molecule has 8 bridgehead atoms. The summed E-state index contributed by atoms with van der Waals surface area (Å²) in [4.78, 5) is 16.6. The summed E-state index contributed by atoms with van der Waals surface area (Å²) in [5, 5.41) is 0. The first kappa shape index (κ1) is 13.8. The average Bonchev–Trinajstić information content (AvgIpc) is 3.32. The van der Waals surface area contributed by atoms with E-state index >= 15 is 0 Å².